The summed E-state index contributed by atoms with van der Waals surface area (Å²) in [7, 11) is 0. The molecule has 2 aliphatic rings. The lowest BCUT2D eigenvalue weighted by Gasteiger charge is -2.34. The summed E-state index contributed by atoms with van der Waals surface area (Å²) in [5, 5.41) is 0.438. The van der Waals surface area contributed by atoms with E-state index in [0.717, 1.165) is 32.1 Å². The molecule has 0 unspecified atom stereocenters. The molecule has 0 radical (unpaired) electrons. The van der Waals surface area contributed by atoms with Crippen molar-refractivity contribution in [3.05, 3.63) is 29.0 Å². The maximum absolute atomic E-state index is 12.4. The zero-order valence-corrected chi connectivity index (χ0v) is 11.6. The number of rotatable bonds is 3. The number of carbonyl (C=O) groups is 1. The SMILES string of the molecule is O=C(c1ccncc1Cl)N1CCN(CC2CC2)CC1. The number of hydrogen-bond donors (Lipinski definition) is 0. The smallest absolute Gasteiger partial charge is 0.255 e. The monoisotopic (exact) mass is 279 g/mol. The first-order valence-electron chi connectivity index (χ1n) is 6.85. The minimum atomic E-state index is 0.0264. The second-order valence-electron chi connectivity index (χ2n) is 5.39. The van der Waals surface area contributed by atoms with Crippen LogP contribution in [0.5, 0.6) is 0 Å². The number of hydrogen-bond acceptors (Lipinski definition) is 3. The number of aromatic nitrogens is 1. The van der Waals surface area contributed by atoms with Gasteiger partial charge in [0.25, 0.3) is 5.91 Å². The Balaban J connectivity index is 1.58. The van der Waals surface area contributed by atoms with E-state index in [4.69, 9.17) is 11.6 Å². The third-order valence-corrected chi connectivity index (χ3v) is 4.18. The topological polar surface area (TPSA) is 36.4 Å². The Morgan fingerprint density at radius 2 is 2.05 bits per heavy atom. The van der Waals surface area contributed by atoms with Gasteiger partial charge in [-0.15, -0.1) is 0 Å². The van der Waals surface area contributed by atoms with Crippen LogP contribution in [-0.4, -0.2) is 53.4 Å². The van der Waals surface area contributed by atoms with Crippen molar-refractivity contribution in [2.24, 2.45) is 5.92 Å². The van der Waals surface area contributed by atoms with E-state index in [1.54, 1.807) is 12.3 Å². The number of halogens is 1. The van der Waals surface area contributed by atoms with Gasteiger partial charge in [0.2, 0.25) is 0 Å². The highest BCUT2D eigenvalue weighted by molar-refractivity contribution is 6.33. The molecule has 1 amide bonds. The van der Waals surface area contributed by atoms with Crippen LogP contribution in [0.15, 0.2) is 18.5 Å². The molecule has 1 saturated carbocycles. The van der Waals surface area contributed by atoms with Crippen molar-refractivity contribution < 1.29 is 4.79 Å². The molecule has 0 aromatic carbocycles. The third kappa shape index (κ3) is 3.07. The molecule has 3 rings (SSSR count). The van der Waals surface area contributed by atoms with Crippen LogP contribution in [0.2, 0.25) is 5.02 Å². The van der Waals surface area contributed by atoms with Gasteiger partial charge in [-0.2, -0.15) is 0 Å². The van der Waals surface area contributed by atoms with Gasteiger partial charge in [-0.25, -0.2) is 0 Å². The van der Waals surface area contributed by atoms with E-state index in [2.05, 4.69) is 9.88 Å². The quantitative estimate of drug-likeness (QED) is 0.848. The Hall–Kier alpha value is -1.13. The van der Waals surface area contributed by atoms with Crippen LogP contribution in [0.3, 0.4) is 0 Å². The van der Waals surface area contributed by atoms with Gasteiger partial charge in [-0.05, 0) is 24.8 Å². The third-order valence-electron chi connectivity index (χ3n) is 3.88. The predicted molar refractivity (Wildman–Crippen MR) is 74.3 cm³/mol. The molecule has 0 N–H and O–H groups in total. The molecular formula is C14H18ClN3O. The van der Waals surface area contributed by atoms with Crippen molar-refractivity contribution >= 4 is 17.5 Å². The van der Waals surface area contributed by atoms with Crippen molar-refractivity contribution in [2.75, 3.05) is 32.7 Å². The summed E-state index contributed by atoms with van der Waals surface area (Å²) in [5.41, 5.74) is 0.562. The minimum absolute atomic E-state index is 0.0264. The maximum Gasteiger partial charge on any atom is 0.255 e. The van der Waals surface area contributed by atoms with Crippen molar-refractivity contribution in [3.8, 4) is 0 Å². The molecule has 1 aromatic rings. The van der Waals surface area contributed by atoms with Crippen LogP contribution in [0, 0.1) is 5.92 Å². The second kappa shape index (κ2) is 5.47. The maximum atomic E-state index is 12.4. The van der Waals surface area contributed by atoms with Crippen LogP contribution < -0.4 is 0 Å². The fourth-order valence-electron chi connectivity index (χ4n) is 2.52. The van der Waals surface area contributed by atoms with Gasteiger partial charge in [-0.1, -0.05) is 11.6 Å². The Labute approximate surface area is 118 Å². The molecule has 4 nitrogen and oxygen atoms in total. The number of pyridine rings is 1. The van der Waals surface area contributed by atoms with Crippen molar-refractivity contribution in [3.63, 3.8) is 0 Å². The summed E-state index contributed by atoms with van der Waals surface area (Å²) in [6.45, 7) is 4.75. The molecule has 5 heteroatoms. The molecular weight excluding hydrogens is 262 g/mol. The summed E-state index contributed by atoms with van der Waals surface area (Å²) in [4.78, 5) is 20.6. The van der Waals surface area contributed by atoms with Gasteiger partial charge in [-0.3, -0.25) is 14.7 Å². The van der Waals surface area contributed by atoms with E-state index < -0.39 is 0 Å². The highest BCUT2D eigenvalue weighted by Crippen LogP contribution is 2.30. The van der Waals surface area contributed by atoms with E-state index in [9.17, 15) is 4.79 Å². The van der Waals surface area contributed by atoms with Crippen LogP contribution in [-0.2, 0) is 0 Å². The highest BCUT2D eigenvalue weighted by atomic mass is 35.5. The molecule has 1 saturated heterocycles. The summed E-state index contributed by atoms with van der Waals surface area (Å²) in [6, 6.07) is 1.70. The van der Waals surface area contributed by atoms with Crippen LogP contribution in [0.1, 0.15) is 23.2 Å². The summed E-state index contributed by atoms with van der Waals surface area (Å²) < 4.78 is 0. The summed E-state index contributed by atoms with van der Waals surface area (Å²) in [5.74, 6) is 0.940. The molecule has 0 atom stereocenters. The van der Waals surface area contributed by atoms with Gasteiger partial charge < -0.3 is 4.90 Å². The van der Waals surface area contributed by atoms with E-state index >= 15 is 0 Å². The number of piperazine rings is 1. The Morgan fingerprint density at radius 1 is 1.32 bits per heavy atom. The van der Waals surface area contributed by atoms with Gasteiger partial charge in [0.05, 0.1) is 10.6 Å². The summed E-state index contributed by atoms with van der Waals surface area (Å²) >= 11 is 6.02. The average molecular weight is 280 g/mol. The first-order valence-corrected chi connectivity index (χ1v) is 7.23. The van der Waals surface area contributed by atoms with Gasteiger partial charge in [0.1, 0.15) is 0 Å². The van der Waals surface area contributed by atoms with Gasteiger partial charge >= 0.3 is 0 Å². The number of amides is 1. The zero-order valence-electron chi connectivity index (χ0n) is 10.9. The van der Waals surface area contributed by atoms with Crippen molar-refractivity contribution in [1.29, 1.82) is 0 Å². The lowest BCUT2D eigenvalue weighted by atomic mass is 10.2. The fourth-order valence-corrected chi connectivity index (χ4v) is 2.72. The minimum Gasteiger partial charge on any atom is -0.336 e. The van der Waals surface area contributed by atoms with Crippen LogP contribution in [0.4, 0.5) is 0 Å². The molecule has 102 valence electrons. The molecule has 2 fully saturated rings. The molecule has 0 bridgehead atoms. The van der Waals surface area contributed by atoms with Crippen molar-refractivity contribution in [2.45, 2.75) is 12.8 Å². The molecule has 1 aliphatic carbocycles. The first-order chi connectivity index (χ1) is 9.24. The second-order valence-corrected chi connectivity index (χ2v) is 5.80. The van der Waals surface area contributed by atoms with Gasteiger partial charge in [0.15, 0.2) is 0 Å². The molecule has 1 aromatic heterocycles. The largest absolute Gasteiger partial charge is 0.336 e. The van der Waals surface area contributed by atoms with Gasteiger partial charge in [0, 0.05) is 45.1 Å². The van der Waals surface area contributed by atoms with E-state index in [-0.39, 0.29) is 5.91 Å². The standard InChI is InChI=1S/C14H18ClN3O/c15-13-9-16-4-3-12(13)14(19)18-7-5-17(6-8-18)10-11-1-2-11/h3-4,9,11H,1-2,5-8,10H2. The highest BCUT2D eigenvalue weighted by Gasteiger charge is 2.28. The zero-order chi connectivity index (χ0) is 13.2. The molecule has 2 heterocycles. The van der Waals surface area contributed by atoms with E-state index in [1.165, 1.54) is 25.6 Å². The fraction of sp³-hybridized carbons (Fsp3) is 0.571. The number of carbonyl (C=O) groups excluding carboxylic acids is 1. The summed E-state index contributed by atoms with van der Waals surface area (Å²) in [6.07, 6.45) is 5.90. The Morgan fingerprint density at radius 3 is 2.68 bits per heavy atom. The van der Waals surface area contributed by atoms with Crippen molar-refractivity contribution in [1.82, 2.24) is 14.8 Å². The Bertz CT molecular complexity index is 468. The van der Waals surface area contributed by atoms with E-state index in [0.29, 0.717) is 10.6 Å². The number of nitrogens with zero attached hydrogens (tertiary/aromatic N) is 3. The lowest BCUT2D eigenvalue weighted by Crippen LogP contribution is -2.49. The van der Waals surface area contributed by atoms with E-state index in [1.807, 2.05) is 4.90 Å². The molecule has 0 spiro atoms. The molecule has 1 aliphatic heterocycles. The van der Waals surface area contributed by atoms with Crippen LogP contribution in [0.25, 0.3) is 0 Å². The normalized spacial score (nSPS) is 20.6. The first kappa shape index (κ1) is 12.9. The predicted octanol–water partition coefficient (Wildman–Crippen LogP) is 1.90. The van der Waals surface area contributed by atoms with Crippen LogP contribution >= 0.6 is 11.6 Å². The average Bonchev–Trinajstić information content (AvgIpc) is 3.23. The Kier molecular flexibility index (Phi) is 3.71. The molecule has 19 heavy (non-hydrogen) atoms. The lowest BCUT2D eigenvalue weighted by molar-refractivity contribution is 0.0632.